The van der Waals surface area contributed by atoms with Gasteiger partial charge >= 0.3 is 23.9 Å². The van der Waals surface area contributed by atoms with E-state index in [1.54, 1.807) is 45.9 Å². The molecule has 12 nitrogen and oxygen atoms in total. The summed E-state index contributed by atoms with van der Waals surface area (Å²) in [6.07, 6.45) is -8.36. The quantitative estimate of drug-likeness (QED) is 0.246. The molecule has 3 aliphatic carbocycles. The predicted octanol–water partition coefficient (Wildman–Crippen LogP) is 2.02. The third-order valence-electron chi connectivity index (χ3n) is 10.7. The summed E-state index contributed by atoms with van der Waals surface area (Å²) in [5.41, 5.74) is -5.96. The van der Waals surface area contributed by atoms with E-state index in [-0.39, 0.29) is 30.6 Å². The van der Waals surface area contributed by atoms with E-state index in [9.17, 15) is 34.5 Å². The summed E-state index contributed by atoms with van der Waals surface area (Å²) in [6, 6.07) is 8.09. The van der Waals surface area contributed by atoms with E-state index in [2.05, 4.69) is 0 Å². The highest BCUT2D eigenvalue weighted by Crippen LogP contribution is 2.65. The summed E-state index contributed by atoms with van der Waals surface area (Å²) in [5.74, 6) is -4.20. The summed E-state index contributed by atoms with van der Waals surface area (Å²) >= 11 is 0. The van der Waals surface area contributed by atoms with Crippen molar-refractivity contribution in [3.63, 3.8) is 0 Å². The molecule has 0 unspecified atom stereocenters. The highest BCUT2D eigenvalue weighted by Gasteiger charge is 2.78. The third-order valence-corrected chi connectivity index (χ3v) is 10.7. The molecule has 1 aromatic rings. The van der Waals surface area contributed by atoms with Crippen molar-refractivity contribution in [3.8, 4) is 0 Å². The van der Waals surface area contributed by atoms with E-state index in [1.807, 2.05) is 0 Å². The van der Waals surface area contributed by atoms with Crippen LogP contribution in [0, 0.1) is 16.7 Å². The normalized spacial score (nSPS) is 39.9. The average molecular weight is 631 g/mol. The summed E-state index contributed by atoms with van der Waals surface area (Å²) in [4.78, 5) is 51.5. The maximum atomic E-state index is 13.9. The second-order valence-corrected chi connectivity index (χ2v) is 13.6. The van der Waals surface area contributed by atoms with Crippen LogP contribution in [0.4, 0.5) is 0 Å². The zero-order valence-corrected chi connectivity index (χ0v) is 26.6. The number of ether oxygens (including phenoxy) is 5. The largest absolute Gasteiger partial charge is 0.458 e. The zero-order valence-electron chi connectivity index (χ0n) is 26.6. The number of hydrogen-bond acceptors (Lipinski definition) is 12. The van der Waals surface area contributed by atoms with Crippen LogP contribution in [0.3, 0.4) is 0 Å². The van der Waals surface area contributed by atoms with Gasteiger partial charge in [0.1, 0.15) is 30.0 Å². The van der Waals surface area contributed by atoms with Gasteiger partial charge in [-0.2, -0.15) is 0 Å². The van der Waals surface area contributed by atoms with Gasteiger partial charge in [-0.1, -0.05) is 39.0 Å². The SMILES string of the molecule is CC(=O)O[C@H]1C[C@@]2(O)[C@@H](OC(=O)c3ccccc3)[C@@H]3[C@]4(OC(C)=O)CO[C@@H]4C[C@H](O)[C@@]3(C)[C@@H](O)[C@@H](OC(C)=O)C(=C1C)C2(C)C. The fourth-order valence-corrected chi connectivity index (χ4v) is 8.46. The van der Waals surface area contributed by atoms with Crippen molar-refractivity contribution in [2.45, 2.75) is 109 Å². The molecular formula is C33H42O12. The molecule has 2 saturated carbocycles. The fraction of sp³-hybridized carbons (Fsp3) is 0.636. The van der Waals surface area contributed by atoms with Crippen molar-refractivity contribution < 1.29 is 58.2 Å². The molecule has 5 rings (SSSR count). The van der Waals surface area contributed by atoms with Gasteiger partial charge in [0, 0.05) is 44.4 Å². The lowest BCUT2D eigenvalue weighted by molar-refractivity contribution is -0.365. The van der Waals surface area contributed by atoms with Crippen LogP contribution in [0.5, 0.6) is 0 Å². The Balaban J connectivity index is 1.86. The summed E-state index contributed by atoms with van der Waals surface area (Å²) in [7, 11) is 0. The maximum Gasteiger partial charge on any atom is 0.338 e. The van der Waals surface area contributed by atoms with Crippen LogP contribution in [0.25, 0.3) is 0 Å². The van der Waals surface area contributed by atoms with Gasteiger partial charge in [0.25, 0.3) is 0 Å². The first kappa shape index (κ1) is 33.1. The topological polar surface area (TPSA) is 175 Å². The summed E-state index contributed by atoms with van der Waals surface area (Å²) < 4.78 is 29.6. The monoisotopic (exact) mass is 630 g/mol. The Morgan fingerprint density at radius 3 is 2.07 bits per heavy atom. The number of rotatable bonds is 5. The van der Waals surface area contributed by atoms with Gasteiger partial charge in [-0.05, 0) is 30.2 Å². The van der Waals surface area contributed by atoms with E-state index in [1.165, 1.54) is 32.9 Å². The molecule has 0 radical (unpaired) electrons. The van der Waals surface area contributed by atoms with Crippen LogP contribution >= 0.6 is 0 Å². The number of esters is 4. The number of aliphatic hydroxyl groups excluding tert-OH is 2. The molecule has 1 heterocycles. The van der Waals surface area contributed by atoms with Gasteiger partial charge in [-0.25, -0.2) is 4.79 Å². The molecule has 0 spiro atoms. The first-order chi connectivity index (χ1) is 20.9. The molecule has 12 heteroatoms. The number of aliphatic hydroxyl groups is 3. The second-order valence-electron chi connectivity index (χ2n) is 13.6. The number of fused-ring (bicyclic) bond motifs is 5. The number of carbonyl (C=O) groups is 4. The minimum atomic E-state index is -2.11. The van der Waals surface area contributed by atoms with Gasteiger partial charge in [0.15, 0.2) is 11.7 Å². The first-order valence-electron chi connectivity index (χ1n) is 15.1. The Hall–Kier alpha value is -3.32. The van der Waals surface area contributed by atoms with Gasteiger partial charge < -0.3 is 39.0 Å². The minimum Gasteiger partial charge on any atom is -0.458 e. The minimum absolute atomic E-state index is 0.0700. The van der Waals surface area contributed by atoms with Crippen LogP contribution in [-0.2, 0) is 38.1 Å². The van der Waals surface area contributed by atoms with Gasteiger partial charge in [0.05, 0.1) is 24.2 Å². The smallest absolute Gasteiger partial charge is 0.338 e. The van der Waals surface area contributed by atoms with Crippen molar-refractivity contribution in [1.82, 2.24) is 0 Å². The number of benzene rings is 1. The maximum absolute atomic E-state index is 13.9. The standard InChI is InChI=1S/C33H42O12/c1-16-21(42-17(2)34)14-33(40)28(44-29(39)20-11-9-8-10-12-20)26-31(7,22(37)13-23-32(26,15-41-23)45-19(4)36)27(38)25(43-18(3)35)24(16)30(33,5)6/h8-12,21-23,25-28,37-38,40H,13-15H2,1-7H3/t21-,22-,23+,25-,26-,27-,28-,31+,32-,33+/m0/s1. The van der Waals surface area contributed by atoms with Crippen LogP contribution in [0.2, 0.25) is 0 Å². The van der Waals surface area contributed by atoms with E-state index >= 15 is 0 Å². The second kappa shape index (κ2) is 11.2. The van der Waals surface area contributed by atoms with Crippen LogP contribution in [0.1, 0.15) is 71.7 Å². The molecule has 0 amide bonds. The van der Waals surface area contributed by atoms with Gasteiger partial charge in [-0.3, -0.25) is 14.4 Å². The fourth-order valence-electron chi connectivity index (χ4n) is 8.46. The summed E-state index contributed by atoms with van der Waals surface area (Å²) in [6.45, 7) is 9.94. The van der Waals surface area contributed by atoms with E-state index in [4.69, 9.17) is 23.7 Å². The van der Waals surface area contributed by atoms with Gasteiger partial charge in [-0.15, -0.1) is 0 Å². The van der Waals surface area contributed by atoms with Crippen molar-refractivity contribution in [1.29, 1.82) is 0 Å². The zero-order chi connectivity index (χ0) is 33.3. The lowest BCUT2D eigenvalue weighted by Gasteiger charge is -2.69. The van der Waals surface area contributed by atoms with Crippen LogP contribution in [0.15, 0.2) is 41.5 Å². The molecule has 0 aromatic heterocycles. The first-order valence-corrected chi connectivity index (χ1v) is 15.1. The summed E-state index contributed by atoms with van der Waals surface area (Å²) in [5, 5.41) is 37.4. The highest BCUT2D eigenvalue weighted by atomic mass is 16.6. The van der Waals surface area contributed by atoms with E-state index in [0.717, 1.165) is 0 Å². The Morgan fingerprint density at radius 2 is 1.53 bits per heavy atom. The van der Waals surface area contributed by atoms with Crippen molar-refractivity contribution in [3.05, 3.63) is 47.0 Å². The number of hydrogen-bond donors (Lipinski definition) is 3. The van der Waals surface area contributed by atoms with E-state index in [0.29, 0.717) is 5.57 Å². The predicted molar refractivity (Wildman–Crippen MR) is 155 cm³/mol. The van der Waals surface area contributed by atoms with E-state index < -0.39 is 88.5 Å². The van der Waals surface area contributed by atoms with Crippen molar-refractivity contribution in [2.24, 2.45) is 16.7 Å². The molecule has 1 saturated heterocycles. The molecular weight excluding hydrogens is 588 g/mol. The molecule has 3 N–H and O–H groups in total. The lowest BCUT2D eigenvalue weighted by Crippen LogP contribution is -2.82. The van der Waals surface area contributed by atoms with Gasteiger partial charge in [0.2, 0.25) is 0 Å². The average Bonchev–Trinajstić information content (AvgIpc) is 2.94. The molecule has 246 valence electrons. The molecule has 3 fully saturated rings. The van der Waals surface area contributed by atoms with Crippen molar-refractivity contribution >= 4 is 23.9 Å². The molecule has 2 bridgehead atoms. The van der Waals surface area contributed by atoms with Crippen LogP contribution in [-0.4, -0.2) is 93.6 Å². The number of carbonyl (C=O) groups excluding carboxylic acids is 4. The Kier molecular flexibility index (Phi) is 8.21. The molecule has 10 atom stereocenters. The molecule has 1 aromatic carbocycles. The third kappa shape index (κ3) is 4.88. The highest BCUT2D eigenvalue weighted by molar-refractivity contribution is 5.89. The molecule has 4 aliphatic rings. The Labute approximate surface area is 261 Å². The Bertz CT molecular complexity index is 1420. The van der Waals surface area contributed by atoms with Crippen molar-refractivity contribution in [2.75, 3.05) is 6.61 Å². The lowest BCUT2D eigenvalue weighted by atomic mass is 9.44. The molecule has 45 heavy (non-hydrogen) atoms. The van der Waals surface area contributed by atoms with Crippen LogP contribution < -0.4 is 0 Å². The Morgan fingerprint density at radius 1 is 0.911 bits per heavy atom. The molecule has 1 aliphatic heterocycles.